The Morgan fingerprint density at radius 1 is 0.923 bits per heavy atom. The van der Waals surface area contributed by atoms with Crippen LogP contribution < -0.4 is 0 Å². The number of hydrogen-bond donors (Lipinski definition) is 0. The first-order valence-electron chi connectivity index (χ1n) is 2.68. The minimum atomic E-state index is 0. The second kappa shape index (κ2) is 13.7. The number of rotatable bonds is 0. The largest absolute Gasteiger partial charge is 0.358 e. The molecule has 0 radical (unpaired) electrons. The van der Waals surface area contributed by atoms with Crippen LogP contribution in [0.25, 0.3) is 0 Å². The lowest BCUT2D eigenvalue weighted by atomic mass is 10.3. The average Bonchev–Trinajstić information content (AvgIpc) is 1.64. The molecule has 1 rings (SSSR count). The lowest BCUT2D eigenvalue weighted by molar-refractivity contribution is 1.18. The highest BCUT2D eigenvalue weighted by atomic mass is 14.6. The molecule has 13 heavy (non-hydrogen) atoms. The summed E-state index contributed by atoms with van der Waals surface area (Å²) in [5, 5.41) is 0. The molecule has 1 heteroatoms. The van der Waals surface area contributed by atoms with E-state index in [1.807, 2.05) is 19.2 Å². The van der Waals surface area contributed by atoms with Crippen molar-refractivity contribution < 1.29 is 0 Å². The second-order valence-corrected chi connectivity index (χ2v) is 1.97. The van der Waals surface area contributed by atoms with Crippen molar-refractivity contribution in [2.75, 3.05) is 0 Å². The van der Waals surface area contributed by atoms with Crippen LogP contribution in [0.5, 0.6) is 0 Å². The highest BCUT2D eigenvalue weighted by Gasteiger charge is 1.82. The first kappa shape index (κ1) is 29.5. The first-order chi connectivity index (χ1) is 3.79. The lowest BCUT2D eigenvalue weighted by Gasteiger charge is -1.90. The van der Waals surface area contributed by atoms with Gasteiger partial charge in [0, 0.05) is 11.9 Å². The fourth-order valence-electron chi connectivity index (χ4n) is 0.687. The quantitative estimate of drug-likeness (QED) is 0.554. The van der Waals surface area contributed by atoms with Gasteiger partial charge >= 0.3 is 0 Å². The van der Waals surface area contributed by atoms with Gasteiger partial charge in [-0.2, -0.15) is 0 Å². The maximum Gasteiger partial charge on any atom is 0.0375 e. The Morgan fingerprint density at radius 3 is 1.62 bits per heavy atom. The van der Waals surface area contributed by atoms with Gasteiger partial charge in [-0.05, 0) is 31.5 Å². The summed E-state index contributed by atoms with van der Waals surface area (Å²) in [5.74, 6) is 0. The Hall–Kier alpha value is -0.850. The molecule has 1 nitrogen and oxygen atoms in total. The average molecular weight is 182 g/mol. The van der Waals surface area contributed by atoms with Crippen LogP contribution in [0.4, 0.5) is 0 Å². The van der Waals surface area contributed by atoms with Gasteiger partial charge in [-0.15, -0.1) is 0 Å². The molecular formula is C12H24N-5. The molecule has 0 aliphatic rings. The monoisotopic (exact) mass is 182 g/mol. The van der Waals surface area contributed by atoms with Crippen molar-refractivity contribution in [1.29, 1.82) is 0 Å². The standard InChI is InChI=1S/C7H9N.5CH3/c1-6-3-4-8-7(2)5-6;;;;;/h3-5H,1-2H3;5*1H3/q;5*-1. The normalized spacial score (nSPS) is 5.69. The maximum absolute atomic E-state index is 4.04. The molecule has 0 aliphatic carbocycles. The minimum Gasteiger partial charge on any atom is -0.358 e. The van der Waals surface area contributed by atoms with E-state index in [1.54, 1.807) is 0 Å². The van der Waals surface area contributed by atoms with E-state index in [2.05, 4.69) is 18.0 Å². The first-order valence-corrected chi connectivity index (χ1v) is 2.68. The molecule has 1 heterocycles. The zero-order valence-electron chi connectivity index (χ0n) is 10.2. The number of aryl methyl sites for hydroxylation is 2. The van der Waals surface area contributed by atoms with Crippen molar-refractivity contribution >= 4 is 0 Å². The minimum absolute atomic E-state index is 0. The zero-order valence-corrected chi connectivity index (χ0v) is 10.2. The molecule has 0 bridgehead atoms. The van der Waals surface area contributed by atoms with Crippen molar-refractivity contribution in [2.45, 2.75) is 13.8 Å². The van der Waals surface area contributed by atoms with E-state index in [0.717, 1.165) is 5.69 Å². The van der Waals surface area contributed by atoms with E-state index >= 15 is 0 Å². The van der Waals surface area contributed by atoms with E-state index in [0.29, 0.717) is 0 Å². The van der Waals surface area contributed by atoms with Gasteiger partial charge in [-0.25, -0.2) is 0 Å². The van der Waals surface area contributed by atoms with Crippen molar-refractivity contribution in [2.24, 2.45) is 0 Å². The van der Waals surface area contributed by atoms with Crippen LogP contribution in [-0.4, -0.2) is 4.98 Å². The van der Waals surface area contributed by atoms with Gasteiger partial charge in [0.25, 0.3) is 0 Å². The molecular weight excluding hydrogens is 158 g/mol. The van der Waals surface area contributed by atoms with Crippen molar-refractivity contribution in [3.63, 3.8) is 0 Å². The van der Waals surface area contributed by atoms with Crippen molar-refractivity contribution in [3.8, 4) is 0 Å². The van der Waals surface area contributed by atoms with Crippen LogP contribution in [0.15, 0.2) is 18.3 Å². The number of hydrogen-bond acceptors (Lipinski definition) is 1. The van der Waals surface area contributed by atoms with E-state index < -0.39 is 0 Å². The molecule has 0 saturated heterocycles. The highest BCUT2D eigenvalue weighted by molar-refractivity contribution is 5.12. The number of nitrogens with zero attached hydrogens (tertiary/aromatic N) is 1. The summed E-state index contributed by atoms with van der Waals surface area (Å²) in [4.78, 5) is 4.04. The summed E-state index contributed by atoms with van der Waals surface area (Å²) in [7, 11) is 0. The van der Waals surface area contributed by atoms with Gasteiger partial charge < -0.3 is 37.1 Å². The maximum atomic E-state index is 4.04. The Kier molecular flexibility index (Phi) is 31.2. The molecule has 0 fully saturated rings. The molecule has 0 unspecified atom stereocenters. The summed E-state index contributed by atoms with van der Waals surface area (Å²) >= 11 is 0. The topological polar surface area (TPSA) is 12.9 Å². The van der Waals surface area contributed by atoms with Crippen LogP contribution in [-0.2, 0) is 0 Å². The van der Waals surface area contributed by atoms with Crippen molar-refractivity contribution in [3.05, 3.63) is 66.7 Å². The molecule has 0 N–H and O–H groups in total. The van der Waals surface area contributed by atoms with Crippen LogP contribution in [0.1, 0.15) is 11.3 Å². The lowest BCUT2D eigenvalue weighted by Crippen LogP contribution is -1.78. The van der Waals surface area contributed by atoms with Crippen LogP contribution >= 0.6 is 0 Å². The molecule has 1 aromatic rings. The van der Waals surface area contributed by atoms with Gasteiger partial charge in [-0.3, -0.25) is 4.98 Å². The number of pyridine rings is 1. The fraction of sp³-hybridized carbons (Fsp3) is 0.167. The summed E-state index contributed by atoms with van der Waals surface area (Å²) in [5.41, 5.74) is 2.36. The fourth-order valence-corrected chi connectivity index (χ4v) is 0.687. The van der Waals surface area contributed by atoms with Crippen LogP contribution in [0.3, 0.4) is 0 Å². The summed E-state index contributed by atoms with van der Waals surface area (Å²) in [6.45, 7) is 4.06. The predicted molar refractivity (Wildman–Crippen MR) is 65.8 cm³/mol. The molecule has 0 amide bonds. The Balaban J connectivity index is -0.0000000427. The number of aromatic nitrogens is 1. The van der Waals surface area contributed by atoms with E-state index in [9.17, 15) is 0 Å². The third-order valence-corrected chi connectivity index (χ3v) is 1.05. The van der Waals surface area contributed by atoms with Gasteiger partial charge in [0.2, 0.25) is 0 Å². The molecule has 0 aliphatic heterocycles. The third-order valence-electron chi connectivity index (χ3n) is 1.05. The van der Waals surface area contributed by atoms with E-state index in [-0.39, 0.29) is 37.1 Å². The predicted octanol–water partition coefficient (Wildman–Crippen LogP) is 3.95. The SMILES string of the molecule is Cc1ccnc(C)c1.[CH3-].[CH3-].[CH3-].[CH3-].[CH3-]. The van der Waals surface area contributed by atoms with Gasteiger partial charge in [-0.1, -0.05) is 0 Å². The smallest absolute Gasteiger partial charge is 0.0375 e. The molecule has 0 atom stereocenters. The molecule has 1 aromatic heterocycles. The Morgan fingerprint density at radius 2 is 1.38 bits per heavy atom. The van der Waals surface area contributed by atoms with Gasteiger partial charge in [0.1, 0.15) is 0 Å². The van der Waals surface area contributed by atoms with Gasteiger partial charge in [0.05, 0.1) is 0 Å². The molecule has 0 spiro atoms. The van der Waals surface area contributed by atoms with E-state index in [1.165, 1.54) is 5.56 Å². The zero-order chi connectivity index (χ0) is 5.98. The molecule has 0 saturated carbocycles. The second-order valence-electron chi connectivity index (χ2n) is 1.97. The Bertz CT molecular complexity index is 165. The summed E-state index contributed by atoms with van der Waals surface area (Å²) < 4.78 is 0. The van der Waals surface area contributed by atoms with Crippen molar-refractivity contribution in [1.82, 2.24) is 4.98 Å². The summed E-state index contributed by atoms with van der Waals surface area (Å²) in [6.07, 6.45) is 1.82. The highest BCUT2D eigenvalue weighted by Crippen LogP contribution is 1.95. The van der Waals surface area contributed by atoms with E-state index in [4.69, 9.17) is 0 Å². The van der Waals surface area contributed by atoms with Crippen LogP contribution in [0, 0.1) is 51.0 Å². The third kappa shape index (κ3) is 11.1. The van der Waals surface area contributed by atoms with Gasteiger partial charge in [0.15, 0.2) is 0 Å². The summed E-state index contributed by atoms with van der Waals surface area (Å²) in [6, 6.07) is 4.05. The Labute approximate surface area is 86.2 Å². The van der Waals surface area contributed by atoms with Crippen LogP contribution in [0.2, 0.25) is 0 Å². The molecule has 82 valence electrons. The molecule has 0 aromatic carbocycles.